The van der Waals surface area contributed by atoms with Crippen molar-refractivity contribution in [2.45, 2.75) is 32.1 Å². The molecule has 2 aliphatic rings. The Kier molecular flexibility index (Phi) is 4.04. The molecule has 2 fully saturated rings. The van der Waals surface area contributed by atoms with Gasteiger partial charge in [0, 0.05) is 26.2 Å². The summed E-state index contributed by atoms with van der Waals surface area (Å²) >= 11 is 0. The number of carbonyl (C=O) groups excluding carboxylic acids is 1. The van der Waals surface area contributed by atoms with Gasteiger partial charge in [-0.1, -0.05) is 12.8 Å². The first kappa shape index (κ1) is 11.7. The number of carbonyl (C=O) groups is 1. The van der Waals surface area contributed by atoms with Crippen molar-refractivity contribution in [2.24, 2.45) is 11.7 Å². The highest BCUT2D eigenvalue weighted by Crippen LogP contribution is 2.18. The summed E-state index contributed by atoms with van der Waals surface area (Å²) in [6.45, 7) is 4.37. The van der Waals surface area contributed by atoms with Gasteiger partial charge in [-0.25, -0.2) is 4.79 Å². The molecule has 0 radical (unpaired) electrons. The van der Waals surface area contributed by atoms with Crippen molar-refractivity contribution in [3.63, 3.8) is 0 Å². The van der Waals surface area contributed by atoms with Crippen molar-refractivity contribution >= 4 is 6.03 Å². The summed E-state index contributed by atoms with van der Waals surface area (Å²) in [5.74, 6) is 0.524. The second-order valence-electron chi connectivity index (χ2n) is 5.02. The number of urea groups is 1. The summed E-state index contributed by atoms with van der Waals surface area (Å²) in [6, 6.07) is 0.248. The third kappa shape index (κ3) is 2.67. The van der Waals surface area contributed by atoms with E-state index < -0.39 is 0 Å². The van der Waals surface area contributed by atoms with Crippen molar-refractivity contribution < 1.29 is 4.79 Å². The lowest BCUT2D eigenvalue weighted by molar-refractivity contribution is 0.163. The van der Waals surface area contributed by atoms with E-state index >= 15 is 0 Å². The van der Waals surface area contributed by atoms with E-state index in [1.165, 1.54) is 25.7 Å². The summed E-state index contributed by atoms with van der Waals surface area (Å²) < 4.78 is 0. The normalized spacial score (nSPS) is 26.9. The number of rotatable bonds is 1. The van der Waals surface area contributed by atoms with Crippen molar-refractivity contribution in [1.82, 2.24) is 9.80 Å². The summed E-state index contributed by atoms with van der Waals surface area (Å²) in [6.07, 6.45) is 5.96. The molecule has 0 aromatic heterocycles. The monoisotopic (exact) mass is 225 g/mol. The fourth-order valence-electron chi connectivity index (χ4n) is 2.66. The van der Waals surface area contributed by atoms with Crippen molar-refractivity contribution in [2.75, 3.05) is 32.7 Å². The van der Waals surface area contributed by atoms with E-state index in [4.69, 9.17) is 5.73 Å². The molecule has 2 rings (SSSR count). The van der Waals surface area contributed by atoms with E-state index in [1.807, 2.05) is 9.80 Å². The zero-order valence-corrected chi connectivity index (χ0v) is 10.0. The predicted octanol–water partition coefficient (Wildman–Crippen LogP) is 1.26. The van der Waals surface area contributed by atoms with E-state index in [0.29, 0.717) is 12.5 Å². The van der Waals surface area contributed by atoms with E-state index in [1.54, 1.807) is 0 Å². The molecule has 2 aliphatic heterocycles. The Hall–Kier alpha value is -0.770. The molecule has 2 amide bonds. The lowest BCUT2D eigenvalue weighted by atomic mass is 10.1. The van der Waals surface area contributed by atoms with Crippen LogP contribution in [0, 0.1) is 5.92 Å². The molecule has 0 aromatic rings. The van der Waals surface area contributed by atoms with Gasteiger partial charge in [-0.15, -0.1) is 0 Å². The minimum Gasteiger partial charge on any atom is -0.330 e. The molecule has 0 aromatic carbocycles. The minimum atomic E-state index is 0.248. The zero-order chi connectivity index (χ0) is 11.4. The van der Waals surface area contributed by atoms with E-state index in [9.17, 15) is 4.79 Å². The Morgan fingerprint density at radius 2 is 1.75 bits per heavy atom. The number of hydrogen-bond acceptors (Lipinski definition) is 2. The van der Waals surface area contributed by atoms with Gasteiger partial charge in [0.1, 0.15) is 0 Å². The van der Waals surface area contributed by atoms with Gasteiger partial charge in [0.25, 0.3) is 0 Å². The predicted molar refractivity (Wildman–Crippen MR) is 64.2 cm³/mol. The van der Waals surface area contributed by atoms with Gasteiger partial charge in [0.15, 0.2) is 0 Å². The lowest BCUT2D eigenvalue weighted by Crippen LogP contribution is -2.42. The Balaban J connectivity index is 1.86. The Labute approximate surface area is 97.8 Å². The summed E-state index contributed by atoms with van der Waals surface area (Å²) in [7, 11) is 0. The van der Waals surface area contributed by atoms with Crippen LogP contribution >= 0.6 is 0 Å². The van der Waals surface area contributed by atoms with Crippen molar-refractivity contribution in [3.8, 4) is 0 Å². The van der Waals surface area contributed by atoms with Crippen LogP contribution < -0.4 is 5.73 Å². The third-order valence-electron chi connectivity index (χ3n) is 3.77. The molecular formula is C12H23N3O. The number of nitrogens with zero attached hydrogens (tertiary/aromatic N) is 2. The van der Waals surface area contributed by atoms with E-state index in [0.717, 1.165) is 32.6 Å². The summed E-state index contributed by atoms with van der Waals surface area (Å²) in [5, 5.41) is 0. The van der Waals surface area contributed by atoms with Crippen LogP contribution in [0.2, 0.25) is 0 Å². The van der Waals surface area contributed by atoms with Crippen LogP contribution in [0.3, 0.4) is 0 Å². The van der Waals surface area contributed by atoms with Crippen LogP contribution in [0.4, 0.5) is 4.79 Å². The molecule has 4 heteroatoms. The Morgan fingerprint density at radius 1 is 1.06 bits per heavy atom. The third-order valence-corrected chi connectivity index (χ3v) is 3.77. The molecule has 16 heavy (non-hydrogen) atoms. The number of nitrogens with two attached hydrogens (primary N) is 1. The first-order valence-electron chi connectivity index (χ1n) is 6.55. The highest BCUT2D eigenvalue weighted by molar-refractivity contribution is 5.74. The Bertz CT molecular complexity index is 236. The maximum absolute atomic E-state index is 12.2. The average Bonchev–Trinajstić information content (AvgIpc) is 2.62. The highest BCUT2D eigenvalue weighted by Gasteiger charge is 2.28. The van der Waals surface area contributed by atoms with Gasteiger partial charge < -0.3 is 15.5 Å². The van der Waals surface area contributed by atoms with Gasteiger partial charge in [-0.2, -0.15) is 0 Å². The molecule has 1 atom stereocenters. The smallest absolute Gasteiger partial charge is 0.320 e. The first-order valence-corrected chi connectivity index (χ1v) is 6.55. The molecule has 92 valence electrons. The molecule has 4 nitrogen and oxygen atoms in total. The number of likely N-dealkylation sites (tertiary alicyclic amines) is 2. The van der Waals surface area contributed by atoms with Gasteiger partial charge in [-0.3, -0.25) is 0 Å². The largest absolute Gasteiger partial charge is 0.330 e. The second kappa shape index (κ2) is 5.53. The summed E-state index contributed by atoms with van der Waals surface area (Å²) in [5.41, 5.74) is 5.65. The molecule has 0 aliphatic carbocycles. The van der Waals surface area contributed by atoms with Gasteiger partial charge >= 0.3 is 6.03 Å². The zero-order valence-electron chi connectivity index (χ0n) is 10.0. The maximum Gasteiger partial charge on any atom is 0.320 e. The molecule has 2 saturated heterocycles. The van der Waals surface area contributed by atoms with Crippen molar-refractivity contribution in [3.05, 3.63) is 0 Å². The fourth-order valence-corrected chi connectivity index (χ4v) is 2.66. The van der Waals surface area contributed by atoms with Crippen LogP contribution in [0.5, 0.6) is 0 Å². The van der Waals surface area contributed by atoms with Gasteiger partial charge in [0.05, 0.1) is 0 Å². The van der Waals surface area contributed by atoms with Crippen LogP contribution in [0.15, 0.2) is 0 Å². The van der Waals surface area contributed by atoms with E-state index in [2.05, 4.69) is 0 Å². The Morgan fingerprint density at radius 3 is 2.31 bits per heavy atom. The van der Waals surface area contributed by atoms with Crippen LogP contribution in [-0.4, -0.2) is 48.6 Å². The first-order chi connectivity index (χ1) is 7.81. The number of hydrogen-bond donors (Lipinski definition) is 1. The van der Waals surface area contributed by atoms with E-state index in [-0.39, 0.29) is 6.03 Å². The standard InChI is InChI=1S/C12H23N3O/c13-9-11-5-8-15(10-11)12(16)14-6-3-1-2-4-7-14/h11H,1-10,13H2. The lowest BCUT2D eigenvalue weighted by Gasteiger charge is -2.26. The molecule has 0 spiro atoms. The van der Waals surface area contributed by atoms with Crippen LogP contribution in [0.25, 0.3) is 0 Å². The topological polar surface area (TPSA) is 49.6 Å². The quantitative estimate of drug-likeness (QED) is 0.730. The molecule has 2 heterocycles. The van der Waals surface area contributed by atoms with Gasteiger partial charge in [-0.05, 0) is 31.7 Å². The molecule has 0 saturated carbocycles. The molecule has 2 N–H and O–H groups in total. The van der Waals surface area contributed by atoms with Crippen LogP contribution in [0.1, 0.15) is 32.1 Å². The maximum atomic E-state index is 12.2. The molecule has 1 unspecified atom stereocenters. The fraction of sp³-hybridized carbons (Fsp3) is 0.917. The average molecular weight is 225 g/mol. The van der Waals surface area contributed by atoms with Crippen LogP contribution in [-0.2, 0) is 0 Å². The summed E-state index contributed by atoms with van der Waals surface area (Å²) in [4.78, 5) is 16.2. The van der Waals surface area contributed by atoms with Gasteiger partial charge in [0.2, 0.25) is 0 Å². The van der Waals surface area contributed by atoms with Crippen molar-refractivity contribution in [1.29, 1.82) is 0 Å². The molecule has 0 bridgehead atoms. The SMILES string of the molecule is NCC1CCN(C(=O)N2CCCCCC2)C1. The highest BCUT2D eigenvalue weighted by atomic mass is 16.2. The number of amides is 2. The molecular weight excluding hydrogens is 202 g/mol. The minimum absolute atomic E-state index is 0.248. The second-order valence-corrected chi connectivity index (χ2v) is 5.02.